The van der Waals surface area contributed by atoms with Crippen LogP contribution in [0, 0.1) is 0 Å². The van der Waals surface area contributed by atoms with E-state index in [1.54, 1.807) is 24.3 Å². The van der Waals surface area contributed by atoms with Gasteiger partial charge in [0.1, 0.15) is 0 Å². The standard InChI is InChI=1S/C22H26N4O3S/c1-2-25-11-13-26(14-12-25)30(28,29)19-9-7-18(8-10-19)24-22(27)15-17-16-23-21-6-4-3-5-20(17)21/h3-10,16,23H,2,11-15H2,1H3,(H,24,27). The molecular formula is C22H26N4O3S. The molecule has 0 radical (unpaired) electrons. The zero-order valence-corrected chi connectivity index (χ0v) is 17.8. The Kier molecular flexibility index (Phi) is 5.90. The number of nitrogens with zero attached hydrogens (tertiary/aromatic N) is 2. The summed E-state index contributed by atoms with van der Waals surface area (Å²) in [4.78, 5) is 18.1. The largest absolute Gasteiger partial charge is 0.361 e. The number of anilines is 1. The normalized spacial score (nSPS) is 16.0. The molecular weight excluding hydrogens is 400 g/mol. The van der Waals surface area contributed by atoms with E-state index in [0.717, 1.165) is 36.1 Å². The Bertz CT molecular complexity index is 1130. The summed E-state index contributed by atoms with van der Waals surface area (Å²) in [5.41, 5.74) is 2.50. The van der Waals surface area contributed by atoms with Crippen LogP contribution in [0.3, 0.4) is 0 Å². The van der Waals surface area contributed by atoms with Crippen molar-refractivity contribution in [3.05, 3.63) is 60.3 Å². The number of H-pyrrole nitrogens is 1. The SMILES string of the molecule is CCN1CCN(S(=O)(=O)c2ccc(NC(=O)Cc3c[nH]c4ccccc34)cc2)CC1. The molecule has 0 saturated carbocycles. The van der Waals surface area contributed by atoms with Crippen molar-refractivity contribution < 1.29 is 13.2 Å². The Balaban J connectivity index is 1.40. The number of fused-ring (bicyclic) bond motifs is 1. The first-order chi connectivity index (χ1) is 14.5. The molecule has 8 heteroatoms. The molecule has 1 aromatic heterocycles. The van der Waals surface area contributed by atoms with E-state index >= 15 is 0 Å². The second kappa shape index (κ2) is 8.59. The first kappa shape index (κ1) is 20.6. The third kappa shape index (κ3) is 4.26. The van der Waals surface area contributed by atoms with E-state index in [2.05, 4.69) is 22.1 Å². The maximum atomic E-state index is 12.9. The molecule has 0 bridgehead atoms. The van der Waals surface area contributed by atoms with Crippen LogP contribution >= 0.6 is 0 Å². The molecule has 0 spiro atoms. The van der Waals surface area contributed by atoms with E-state index in [4.69, 9.17) is 0 Å². The van der Waals surface area contributed by atoms with Gasteiger partial charge in [0.05, 0.1) is 11.3 Å². The lowest BCUT2D eigenvalue weighted by Crippen LogP contribution is -2.48. The van der Waals surface area contributed by atoms with E-state index < -0.39 is 10.0 Å². The predicted molar refractivity (Wildman–Crippen MR) is 118 cm³/mol. The average Bonchev–Trinajstić information content (AvgIpc) is 3.17. The van der Waals surface area contributed by atoms with Gasteiger partial charge in [-0.3, -0.25) is 4.79 Å². The number of sulfonamides is 1. The Morgan fingerprint density at radius 2 is 1.73 bits per heavy atom. The van der Waals surface area contributed by atoms with Gasteiger partial charge in [0.15, 0.2) is 0 Å². The highest BCUT2D eigenvalue weighted by atomic mass is 32.2. The van der Waals surface area contributed by atoms with Crippen molar-refractivity contribution in [3.63, 3.8) is 0 Å². The molecule has 1 aliphatic heterocycles. The Morgan fingerprint density at radius 3 is 2.43 bits per heavy atom. The van der Waals surface area contributed by atoms with Gasteiger partial charge < -0.3 is 15.2 Å². The summed E-state index contributed by atoms with van der Waals surface area (Å²) in [6.45, 7) is 5.50. The van der Waals surface area contributed by atoms with Gasteiger partial charge in [-0.2, -0.15) is 4.31 Å². The molecule has 0 atom stereocenters. The van der Waals surface area contributed by atoms with Crippen LogP contribution in [0.15, 0.2) is 59.6 Å². The van der Waals surface area contributed by atoms with Crippen LogP contribution in [-0.2, 0) is 21.2 Å². The maximum Gasteiger partial charge on any atom is 0.243 e. The lowest BCUT2D eigenvalue weighted by atomic mass is 10.1. The quantitative estimate of drug-likeness (QED) is 0.635. The second-order valence-electron chi connectivity index (χ2n) is 7.45. The molecule has 2 heterocycles. The molecule has 2 aromatic carbocycles. The number of aromatic nitrogens is 1. The Labute approximate surface area is 176 Å². The number of nitrogens with one attached hydrogen (secondary N) is 2. The topological polar surface area (TPSA) is 85.5 Å². The smallest absolute Gasteiger partial charge is 0.243 e. The van der Waals surface area contributed by atoms with Crippen molar-refractivity contribution in [2.75, 3.05) is 38.0 Å². The van der Waals surface area contributed by atoms with E-state index in [9.17, 15) is 13.2 Å². The number of carbonyl (C=O) groups excluding carboxylic acids is 1. The molecule has 30 heavy (non-hydrogen) atoms. The molecule has 4 rings (SSSR count). The second-order valence-corrected chi connectivity index (χ2v) is 9.39. The molecule has 1 saturated heterocycles. The number of rotatable bonds is 6. The lowest BCUT2D eigenvalue weighted by molar-refractivity contribution is -0.115. The highest BCUT2D eigenvalue weighted by Gasteiger charge is 2.27. The molecule has 3 aromatic rings. The summed E-state index contributed by atoms with van der Waals surface area (Å²) in [5, 5.41) is 3.87. The summed E-state index contributed by atoms with van der Waals surface area (Å²) in [7, 11) is -3.51. The molecule has 158 valence electrons. The van der Waals surface area contributed by atoms with Gasteiger partial charge in [-0.1, -0.05) is 25.1 Å². The monoisotopic (exact) mass is 426 g/mol. The molecule has 1 amide bonds. The Hall–Kier alpha value is -2.68. The first-order valence-corrected chi connectivity index (χ1v) is 11.6. The molecule has 7 nitrogen and oxygen atoms in total. The van der Waals surface area contributed by atoms with Crippen LogP contribution in [0.25, 0.3) is 10.9 Å². The van der Waals surface area contributed by atoms with Gasteiger partial charge in [-0.05, 0) is 42.4 Å². The van der Waals surface area contributed by atoms with Crippen LogP contribution in [-0.4, -0.2) is 61.2 Å². The number of amides is 1. The number of carbonyl (C=O) groups is 1. The maximum absolute atomic E-state index is 12.9. The van der Waals surface area contributed by atoms with Gasteiger partial charge in [-0.15, -0.1) is 0 Å². The van der Waals surface area contributed by atoms with Gasteiger partial charge in [0.25, 0.3) is 0 Å². The van der Waals surface area contributed by atoms with Crippen molar-refractivity contribution >= 4 is 32.5 Å². The Morgan fingerprint density at radius 1 is 1.03 bits per heavy atom. The predicted octanol–water partition coefficient (Wildman–Crippen LogP) is 2.68. The van der Waals surface area contributed by atoms with Crippen molar-refractivity contribution in [2.45, 2.75) is 18.2 Å². The molecule has 0 aliphatic carbocycles. The summed E-state index contributed by atoms with van der Waals surface area (Å²) < 4.78 is 27.3. The molecule has 2 N–H and O–H groups in total. The van der Waals surface area contributed by atoms with Gasteiger partial charge in [0.2, 0.25) is 15.9 Å². The van der Waals surface area contributed by atoms with Crippen molar-refractivity contribution in [1.82, 2.24) is 14.2 Å². The minimum atomic E-state index is -3.51. The minimum Gasteiger partial charge on any atom is -0.361 e. The van der Waals surface area contributed by atoms with E-state index in [-0.39, 0.29) is 17.2 Å². The van der Waals surface area contributed by atoms with Crippen molar-refractivity contribution in [1.29, 1.82) is 0 Å². The fraction of sp³-hybridized carbons (Fsp3) is 0.318. The summed E-state index contributed by atoms with van der Waals surface area (Å²) in [6, 6.07) is 14.2. The summed E-state index contributed by atoms with van der Waals surface area (Å²) >= 11 is 0. The number of aromatic amines is 1. The van der Waals surface area contributed by atoms with Crippen LogP contribution in [0.5, 0.6) is 0 Å². The van der Waals surface area contributed by atoms with Crippen molar-refractivity contribution in [3.8, 4) is 0 Å². The zero-order chi connectivity index (χ0) is 21.1. The highest BCUT2D eigenvalue weighted by molar-refractivity contribution is 7.89. The zero-order valence-electron chi connectivity index (χ0n) is 17.0. The third-order valence-corrected chi connectivity index (χ3v) is 7.49. The summed E-state index contributed by atoms with van der Waals surface area (Å²) in [5.74, 6) is -0.147. The third-order valence-electron chi connectivity index (χ3n) is 5.58. The minimum absolute atomic E-state index is 0.147. The summed E-state index contributed by atoms with van der Waals surface area (Å²) in [6.07, 6.45) is 2.09. The number of hydrogen-bond acceptors (Lipinski definition) is 4. The van der Waals surface area contributed by atoms with Crippen molar-refractivity contribution in [2.24, 2.45) is 0 Å². The van der Waals surface area contributed by atoms with E-state index in [1.165, 1.54) is 4.31 Å². The van der Waals surface area contributed by atoms with Gasteiger partial charge in [0, 0.05) is 49.0 Å². The van der Waals surface area contributed by atoms with Crippen LogP contribution in [0.1, 0.15) is 12.5 Å². The number of likely N-dealkylation sites (N-methyl/N-ethyl adjacent to an activating group) is 1. The van der Waals surface area contributed by atoms with E-state index in [1.807, 2.05) is 30.5 Å². The number of para-hydroxylation sites is 1. The van der Waals surface area contributed by atoms with Gasteiger partial charge >= 0.3 is 0 Å². The van der Waals surface area contributed by atoms with Crippen LogP contribution in [0.2, 0.25) is 0 Å². The average molecular weight is 427 g/mol. The molecule has 0 unspecified atom stereocenters. The molecule has 1 aliphatic rings. The lowest BCUT2D eigenvalue weighted by Gasteiger charge is -2.33. The van der Waals surface area contributed by atoms with E-state index in [0.29, 0.717) is 18.8 Å². The first-order valence-electron chi connectivity index (χ1n) is 10.1. The molecule has 1 fully saturated rings. The fourth-order valence-corrected chi connectivity index (χ4v) is 5.22. The number of benzene rings is 2. The number of hydrogen-bond donors (Lipinski definition) is 2. The highest BCUT2D eigenvalue weighted by Crippen LogP contribution is 2.21. The van der Waals surface area contributed by atoms with Gasteiger partial charge in [-0.25, -0.2) is 8.42 Å². The van der Waals surface area contributed by atoms with Crippen LogP contribution in [0.4, 0.5) is 5.69 Å². The fourth-order valence-electron chi connectivity index (χ4n) is 3.80. The van der Waals surface area contributed by atoms with Crippen LogP contribution < -0.4 is 5.32 Å². The number of piperazine rings is 1.